The normalized spacial score (nSPS) is 12.1. The van der Waals surface area contributed by atoms with Crippen LogP contribution in [0.4, 0.5) is 0 Å². The second kappa shape index (κ2) is 6.78. The van der Waals surface area contributed by atoms with Gasteiger partial charge in [-0.1, -0.05) is 53.7 Å². The Balaban J connectivity index is 2.41. The van der Waals surface area contributed by atoms with Crippen molar-refractivity contribution >= 4 is 29.3 Å². The van der Waals surface area contributed by atoms with Crippen LogP contribution in [0.25, 0.3) is 0 Å². The van der Waals surface area contributed by atoms with E-state index in [1.165, 1.54) is 10.8 Å². The SMILES string of the molecule is CCn1cc(Cl)nc(SC(C(N)=O)c2ccccc2)c1=O. The Labute approximate surface area is 131 Å². The van der Waals surface area contributed by atoms with Gasteiger partial charge >= 0.3 is 0 Å². The van der Waals surface area contributed by atoms with Gasteiger partial charge in [-0.2, -0.15) is 0 Å². The lowest BCUT2D eigenvalue weighted by molar-refractivity contribution is -0.117. The summed E-state index contributed by atoms with van der Waals surface area (Å²) in [6.45, 7) is 2.30. The summed E-state index contributed by atoms with van der Waals surface area (Å²) in [4.78, 5) is 27.9. The minimum absolute atomic E-state index is 0.164. The van der Waals surface area contributed by atoms with Crippen LogP contribution < -0.4 is 11.3 Å². The number of amides is 1. The molecule has 1 unspecified atom stereocenters. The number of hydrogen-bond acceptors (Lipinski definition) is 4. The second-order valence-corrected chi connectivity index (χ2v) is 5.75. The summed E-state index contributed by atoms with van der Waals surface area (Å²) in [5.41, 5.74) is 5.88. The minimum atomic E-state index is -0.685. The Morgan fingerprint density at radius 1 is 1.43 bits per heavy atom. The van der Waals surface area contributed by atoms with E-state index in [1.807, 2.05) is 25.1 Å². The molecule has 2 aromatic rings. The number of aromatic nitrogens is 2. The number of carbonyl (C=O) groups excluding carboxylic acids is 1. The van der Waals surface area contributed by atoms with Crippen LogP contribution in [0.15, 0.2) is 46.3 Å². The van der Waals surface area contributed by atoms with Crippen LogP contribution in [0, 0.1) is 0 Å². The van der Waals surface area contributed by atoms with Crippen LogP contribution in [0.2, 0.25) is 5.15 Å². The van der Waals surface area contributed by atoms with Gasteiger partial charge in [-0.3, -0.25) is 9.59 Å². The third-order valence-corrected chi connectivity index (χ3v) is 4.26. The third-order valence-electron chi connectivity index (χ3n) is 2.85. The molecule has 1 atom stereocenters. The molecule has 0 saturated carbocycles. The summed E-state index contributed by atoms with van der Waals surface area (Å²) in [5.74, 6) is -0.532. The fourth-order valence-electron chi connectivity index (χ4n) is 1.83. The number of hydrogen-bond donors (Lipinski definition) is 1. The molecule has 0 aliphatic carbocycles. The second-order valence-electron chi connectivity index (χ2n) is 4.27. The van der Waals surface area contributed by atoms with Crippen molar-refractivity contribution < 1.29 is 4.79 Å². The van der Waals surface area contributed by atoms with Gasteiger partial charge in [0.05, 0.1) is 0 Å². The molecule has 7 heteroatoms. The van der Waals surface area contributed by atoms with Gasteiger partial charge in [0.2, 0.25) is 5.91 Å². The van der Waals surface area contributed by atoms with E-state index in [9.17, 15) is 9.59 Å². The van der Waals surface area contributed by atoms with Gasteiger partial charge in [-0.25, -0.2) is 4.98 Å². The maximum atomic E-state index is 12.2. The first-order valence-electron chi connectivity index (χ1n) is 6.30. The van der Waals surface area contributed by atoms with Crippen molar-refractivity contribution in [1.29, 1.82) is 0 Å². The number of rotatable bonds is 5. The van der Waals surface area contributed by atoms with Crippen LogP contribution >= 0.6 is 23.4 Å². The van der Waals surface area contributed by atoms with Gasteiger partial charge in [0.1, 0.15) is 10.4 Å². The zero-order valence-corrected chi connectivity index (χ0v) is 12.9. The minimum Gasteiger partial charge on any atom is -0.368 e. The van der Waals surface area contributed by atoms with Crippen LogP contribution in [0.5, 0.6) is 0 Å². The standard InChI is InChI=1S/C14H14ClN3O2S/c1-2-18-8-10(15)17-13(14(18)20)21-11(12(16)19)9-6-4-3-5-7-9/h3-8,11H,2H2,1H3,(H2,16,19). The molecule has 2 rings (SSSR count). The molecule has 0 saturated heterocycles. The van der Waals surface area contributed by atoms with Crippen LogP contribution in [0.1, 0.15) is 17.7 Å². The van der Waals surface area contributed by atoms with Crippen molar-refractivity contribution in [2.75, 3.05) is 0 Å². The van der Waals surface area contributed by atoms with E-state index in [0.29, 0.717) is 6.54 Å². The zero-order valence-electron chi connectivity index (χ0n) is 11.3. The van der Waals surface area contributed by atoms with Crippen LogP contribution in [-0.2, 0) is 11.3 Å². The summed E-state index contributed by atoms with van der Waals surface area (Å²) < 4.78 is 1.45. The van der Waals surface area contributed by atoms with Gasteiger partial charge in [0, 0.05) is 12.7 Å². The summed E-state index contributed by atoms with van der Waals surface area (Å²) in [5, 5.41) is -0.317. The van der Waals surface area contributed by atoms with Gasteiger partial charge in [-0.05, 0) is 12.5 Å². The first kappa shape index (κ1) is 15.6. The molecule has 110 valence electrons. The maximum absolute atomic E-state index is 12.2. The van der Waals surface area contributed by atoms with E-state index in [1.54, 1.807) is 12.1 Å². The molecule has 0 spiro atoms. The van der Waals surface area contributed by atoms with Crippen LogP contribution in [-0.4, -0.2) is 15.5 Å². The highest BCUT2D eigenvalue weighted by Gasteiger charge is 2.22. The maximum Gasteiger partial charge on any atom is 0.283 e. The first-order chi connectivity index (χ1) is 10.0. The van der Waals surface area contributed by atoms with Gasteiger partial charge < -0.3 is 10.3 Å². The molecule has 0 aliphatic heterocycles. The van der Waals surface area contributed by atoms with Crippen molar-refractivity contribution in [3.63, 3.8) is 0 Å². The van der Waals surface area contributed by atoms with E-state index in [0.717, 1.165) is 17.3 Å². The predicted octanol–water partition coefficient (Wildman–Crippen LogP) is 2.24. The smallest absolute Gasteiger partial charge is 0.283 e. The lowest BCUT2D eigenvalue weighted by Crippen LogP contribution is -2.24. The van der Waals surface area contributed by atoms with Gasteiger partial charge in [0.25, 0.3) is 5.56 Å². The lowest BCUT2D eigenvalue weighted by atomic mass is 10.1. The number of thioether (sulfide) groups is 1. The van der Waals surface area contributed by atoms with E-state index in [-0.39, 0.29) is 15.7 Å². The zero-order chi connectivity index (χ0) is 15.4. The molecule has 0 aliphatic rings. The Bertz CT molecular complexity index is 703. The number of primary amides is 1. The summed E-state index contributed by atoms with van der Waals surface area (Å²) >= 11 is 6.93. The topological polar surface area (TPSA) is 78.0 Å². The van der Waals surface area contributed by atoms with E-state index >= 15 is 0 Å². The molecule has 1 aromatic heterocycles. The molecule has 21 heavy (non-hydrogen) atoms. The van der Waals surface area contributed by atoms with E-state index in [4.69, 9.17) is 17.3 Å². The Morgan fingerprint density at radius 3 is 2.67 bits per heavy atom. The highest BCUT2D eigenvalue weighted by atomic mass is 35.5. The average Bonchev–Trinajstić information content (AvgIpc) is 2.48. The molecule has 5 nitrogen and oxygen atoms in total. The monoisotopic (exact) mass is 323 g/mol. The largest absolute Gasteiger partial charge is 0.368 e. The number of aryl methyl sites for hydroxylation is 1. The summed E-state index contributed by atoms with van der Waals surface area (Å²) in [6.07, 6.45) is 1.47. The van der Waals surface area contributed by atoms with Gasteiger partial charge in [-0.15, -0.1) is 0 Å². The number of nitrogens with zero attached hydrogens (tertiary/aromatic N) is 2. The van der Waals surface area contributed by atoms with Crippen molar-refractivity contribution in [3.05, 3.63) is 57.6 Å². The average molecular weight is 324 g/mol. The molecule has 1 aromatic carbocycles. The number of benzene rings is 1. The Hall–Kier alpha value is -1.79. The number of carbonyl (C=O) groups is 1. The summed E-state index contributed by atoms with van der Waals surface area (Å²) in [7, 11) is 0. The molecule has 1 heterocycles. The molecule has 0 radical (unpaired) electrons. The van der Waals surface area contributed by atoms with E-state index < -0.39 is 11.2 Å². The molecule has 2 N–H and O–H groups in total. The first-order valence-corrected chi connectivity index (χ1v) is 7.56. The fourth-order valence-corrected chi connectivity index (χ4v) is 3.08. The molecule has 0 bridgehead atoms. The highest BCUT2D eigenvalue weighted by molar-refractivity contribution is 8.00. The van der Waals surface area contributed by atoms with Crippen molar-refractivity contribution in [2.24, 2.45) is 5.73 Å². The summed E-state index contributed by atoms with van der Waals surface area (Å²) in [6, 6.07) is 9.02. The Kier molecular flexibility index (Phi) is 5.03. The van der Waals surface area contributed by atoms with Crippen molar-refractivity contribution in [3.8, 4) is 0 Å². The van der Waals surface area contributed by atoms with E-state index in [2.05, 4.69) is 4.98 Å². The van der Waals surface area contributed by atoms with Crippen LogP contribution in [0.3, 0.4) is 0 Å². The molecule has 1 amide bonds. The third kappa shape index (κ3) is 3.65. The lowest BCUT2D eigenvalue weighted by Gasteiger charge is -2.13. The molecular weight excluding hydrogens is 310 g/mol. The fraction of sp³-hybridized carbons (Fsp3) is 0.214. The molecular formula is C14H14ClN3O2S. The highest BCUT2D eigenvalue weighted by Crippen LogP contribution is 2.32. The van der Waals surface area contributed by atoms with Crippen molar-refractivity contribution in [1.82, 2.24) is 9.55 Å². The molecule has 0 fully saturated rings. The quantitative estimate of drug-likeness (QED) is 0.856. The van der Waals surface area contributed by atoms with Crippen molar-refractivity contribution in [2.45, 2.75) is 23.7 Å². The van der Waals surface area contributed by atoms with Gasteiger partial charge in [0.15, 0.2) is 5.03 Å². The number of nitrogens with two attached hydrogens (primary N) is 1. The Morgan fingerprint density at radius 2 is 2.10 bits per heavy atom. The predicted molar refractivity (Wildman–Crippen MR) is 83.4 cm³/mol. The number of halogens is 1.